The van der Waals surface area contributed by atoms with Crippen molar-refractivity contribution in [2.75, 3.05) is 0 Å². The van der Waals surface area contributed by atoms with Gasteiger partial charge in [-0.15, -0.1) is 12.3 Å². The van der Waals surface area contributed by atoms with Crippen molar-refractivity contribution in [2.24, 2.45) is 0 Å². The maximum Gasteiger partial charge on any atom is 0.331 e. The minimum absolute atomic E-state index is 0.655. The summed E-state index contributed by atoms with van der Waals surface area (Å²) in [4.78, 5) is 10.5. The summed E-state index contributed by atoms with van der Waals surface area (Å²) in [5, 5.41) is 8.65. The van der Waals surface area contributed by atoms with Gasteiger partial charge in [0.1, 0.15) is 0 Å². The quantitative estimate of drug-likeness (QED) is 0.489. The van der Waals surface area contributed by atoms with Crippen molar-refractivity contribution in [1.82, 2.24) is 0 Å². The molecule has 0 spiro atoms. The Morgan fingerprint density at radius 3 is 2.53 bits per heavy atom. The zero-order valence-electron chi connectivity index (χ0n) is 9.09. The third kappa shape index (κ3) is 4.69. The Morgan fingerprint density at radius 1 is 1.27 bits per heavy atom. The van der Waals surface area contributed by atoms with Crippen LogP contribution in [0.2, 0.25) is 0 Å². The monoisotopic (exact) mass is 206 g/mol. The van der Waals surface area contributed by atoms with Gasteiger partial charge in [-0.1, -0.05) is 24.8 Å². The van der Waals surface area contributed by atoms with E-state index in [1.165, 1.54) is 19.3 Å². The average molecular weight is 206 g/mol. The molecule has 0 fully saturated rings. The van der Waals surface area contributed by atoms with Gasteiger partial charge in [0.25, 0.3) is 0 Å². The first-order chi connectivity index (χ1) is 7.25. The molecule has 0 bridgehead atoms. The smallest absolute Gasteiger partial charge is 0.331 e. The summed E-state index contributed by atoms with van der Waals surface area (Å²) in [7, 11) is 0. The molecule has 0 unspecified atom stereocenters. The van der Waals surface area contributed by atoms with E-state index in [1.807, 2.05) is 0 Å². The number of hydrogen-bond acceptors (Lipinski definition) is 1. The molecule has 15 heavy (non-hydrogen) atoms. The van der Waals surface area contributed by atoms with Gasteiger partial charge in [-0.2, -0.15) is 0 Å². The van der Waals surface area contributed by atoms with Gasteiger partial charge in [0.05, 0.1) is 0 Å². The topological polar surface area (TPSA) is 37.3 Å². The Morgan fingerprint density at radius 2 is 1.93 bits per heavy atom. The van der Waals surface area contributed by atoms with Crippen LogP contribution in [0.5, 0.6) is 0 Å². The predicted molar refractivity (Wildman–Crippen MR) is 60.4 cm³/mol. The second-order valence-electron chi connectivity index (χ2n) is 4.04. The van der Waals surface area contributed by atoms with Crippen molar-refractivity contribution in [3.63, 3.8) is 0 Å². The Bertz CT molecular complexity index is 294. The molecule has 0 aromatic rings. The summed E-state index contributed by atoms with van der Waals surface area (Å²) < 4.78 is 0. The van der Waals surface area contributed by atoms with Gasteiger partial charge < -0.3 is 5.11 Å². The van der Waals surface area contributed by atoms with Crippen molar-refractivity contribution in [3.8, 4) is 12.3 Å². The number of terminal acetylenes is 1. The molecule has 2 heteroatoms. The van der Waals surface area contributed by atoms with E-state index in [1.54, 1.807) is 0 Å². The molecule has 1 N–H and O–H groups in total. The summed E-state index contributed by atoms with van der Waals surface area (Å²) in [5.74, 6) is 1.91. The Hall–Kier alpha value is -1.23. The van der Waals surface area contributed by atoms with Crippen LogP contribution >= 0.6 is 0 Å². The third-order valence-corrected chi connectivity index (χ3v) is 2.75. The molecule has 0 saturated carbocycles. The molecule has 0 amide bonds. The van der Waals surface area contributed by atoms with Crippen molar-refractivity contribution in [1.29, 1.82) is 0 Å². The summed E-state index contributed by atoms with van der Waals surface area (Å²) >= 11 is 0. The number of carbonyl (C=O) groups is 1. The molecule has 0 saturated heterocycles. The van der Waals surface area contributed by atoms with E-state index < -0.39 is 5.97 Å². The van der Waals surface area contributed by atoms with Crippen LogP contribution in [0.3, 0.4) is 0 Å². The van der Waals surface area contributed by atoms with Gasteiger partial charge in [0, 0.05) is 18.4 Å². The highest BCUT2D eigenvalue weighted by Gasteiger charge is 2.26. The maximum absolute atomic E-state index is 10.5. The number of allylic oxidation sites excluding steroid dienone is 1. The third-order valence-electron chi connectivity index (χ3n) is 2.75. The fourth-order valence-corrected chi connectivity index (χ4v) is 1.73. The first kappa shape index (κ1) is 11.8. The molecule has 0 aromatic carbocycles. The normalized spacial score (nSPS) is 13.8. The first-order valence-electron chi connectivity index (χ1n) is 5.63. The number of unbranched alkanes of at least 4 members (excludes halogenated alkanes) is 5. The van der Waals surface area contributed by atoms with Crippen LogP contribution in [0.4, 0.5) is 0 Å². The lowest BCUT2D eigenvalue weighted by Gasteiger charge is -1.97. The highest BCUT2D eigenvalue weighted by Crippen LogP contribution is 2.35. The molecular formula is C13H18O2. The van der Waals surface area contributed by atoms with E-state index in [4.69, 9.17) is 11.5 Å². The lowest BCUT2D eigenvalue weighted by molar-refractivity contribution is -0.132. The highest BCUT2D eigenvalue weighted by molar-refractivity contribution is 5.93. The fourth-order valence-electron chi connectivity index (χ4n) is 1.73. The highest BCUT2D eigenvalue weighted by atomic mass is 16.4. The van der Waals surface area contributed by atoms with Crippen LogP contribution in [0, 0.1) is 12.3 Å². The van der Waals surface area contributed by atoms with Crippen LogP contribution in [-0.2, 0) is 4.79 Å². The van der Waals surface area contributed by atoms with Crippen LogP contribution in [-0.4, -0.2) is 11.1 Å². The molecule has 1 aliphatic rings. The summed E-state index contributed by atoms with van der Waals surface area (Å²) in [6, 6.07) is 0. The molecule has 0 heterocycles. The molecule has 0 aliphatic heterocycles. The van der Waals surface area contributed by atoms with Crippen molar-refractivity contribution < 1.29 is 9.90 Å². The molecule has 0 aromatic heterocycles. The van der Waals surface area contributed by atoms with E-state index >= 15 is 0 Å². The van der Waals surface area contributed by atoms with E-state index in [0.29, 0.717) is 5.57 Å². The molecule has 2 nitrogen and oxygen atoms in total. The van der Waals surface area contributed by atoms with Crippen molar-refractivity contribution >= 4 is 5.97 Å². The lowest BCUT2D eigenvalue weighted by atomic mass is 10.1. The number of carboxylic acid groups (broad SMARTS) is 1. The second-order valence-corrected chi connectivity index (χ2v) is 4.04. The number of hydrogen-bond donors (Lipinski definition) is 1. The van der Waals surface area contributed by atoms with E-state index in [2.05, 4.69) is 5.92 Å². The number of aliphatic carboxylic acids is 1. The summed E-state index contributed by atoms with van der Waals surface area (Å²) in [5.41, 5.74) is 1.81. The second kappa shape index (κ2) is 6.29. The van der Waals surface area contributed by atoms with Crippen LogP contribution < -0.4 is 0 Å². The Labute approximate surface area is 91.4 Å². The summed E-state index contributed by atoms with van der Waals surface area (Å²) in [6.45, 7) is 0. The average Bonchev–Trinajstić information content (AvgIpc) is 2.96. The molecule has 1 aliphatic carbocycles. The predicted octanol–water partition coefficient (Wildman–Crippen LogP) is 3.14. The molecule has 0 radical (unpaired) electrons. The van der Waals surface area contributed by atoms with Gasteiger partial charge in [-0.3, -0.25) is 0 Å². The van der Waals surface area contributed by atoms with Crippen molar-refractivity contribution in [2.45, 2.75) is 51.4 Å². The van der Waals surface area contributed by atoms with Gasteiger partial charge >= 0.3 is 5.97 Å². The Balaban J connectivity index is 1.91. The Kier molecular flexibility index (Phi) is 4.97. The summed E-state index contributed by atoms with van der Waals surface area (Å²) in [6.07, 6.45) is 13.6. The minimum atomic E-state index is -0.723. The SMILES string of the molecule is C#CCCCCCCCC1=C(C(=O)O)C1. The number of rotatable bonds is 8. The van der Waals surface area contributed by atoms with Crippen LogP contribution in [0.1, 0.15) is 51.4 Å². The van der Waals surface area contributed by atoms with E-state index in [9.17, 15) is 4.79 Å². The van der Waals surface area contributed by atoms with Crippen LogP contribution in [0.15, 0.2) is 11.1 Å². The van der Waals surface area contributed by atoms with Crippen LogP contribution in [0.25, 0.3) is 0 Å². The fraction of sp³-hybridized carbons (Fsp3) is 0.615. The van der Waals surface area contributed by atoms with Gasteiger partial charge in [-0.25, -0.2) is 4.79 Å². The van der Waals surface area contributed by atoms with Gasteiger partial charge in [0.15, 0.2) is 0 Å². The molecule has 82 valence electrons. The first-order valence-corrected chi connectivity index (χ1v) is 5.63. The standard InChI is InChI=1S/C13H18O2/c1-2-3-4-5-6-7-8-9-11-10-12(11)13(14)15/h1H,3-10H2,(H,14,15). The van der Waals surface area contributed by atoms with E-state index in [-0.39, 0.29) is 0 Å². The molecule has 0 atom stereocenters. The van der Waals surface area contributed by atoms with Crippen molar-refractivity contribution in [3.05, 3.63) is 11.1 Å². The minimum Gasteiger partial charge on any atom is -0.478 e. The van der Waals surface area contributed by atoms with Gasteiger partial charge in [-0.05, 0) is 19.3 Å². The lowest BCUT2D eigenvalue weighted by Crippen LogP contribution is -1.88. The maximum atomic E-state index is 10.5. The van der Waals surface area contributed by atoms with Gasteiger partial charge in [0.2, 0.25) is 0 Å². The van der Waals surface area contributed by atoms with E-state index in [0.717, 1.165) is 37.7 Å². The molecular weight excluding hydrogens is 188 g/mol. The largest absolute Gasteiger partial charge is 0.478 e. The molecule has 1 rings (SSSR count). The zero-order valence-corrected chi connectivity index (χ0v) is 9.09. The number of carboxylic acids is 1. The zero-order chi connectivity index (χ0) is 11.1.